The van der Waals surface area contributed by atoms with Crippen molar-refractivity contribution >= 4 is 107 Å². The van der Waals surface area contributed by atoms with Crippen molar-refractivity contribution in [1.29, 1.82) is 0 Å². The molecule has 1 aromatic heterocycles. The zero-order chi connectivity index (χ0) is 46.1. The number of halogens is 1. The Morgan fingerprint density at radius 1 is 0.545 bits per heavy atom. The molecule has 0 atom stereocenters. The van der Waals surface area contributed by atoms with Gasteiger partial charge < -0.3 is 14.7 Å². The monoisotopic (exact) mass is 899 g/mol. The smallest absolute Gasteiger partial charge is 0.264 e. The third kappa shape index (κ3) is 6.91. The van der Waals surface area contributed by atoms with Gasteiger partial charge in [0.05, 0.1) is 5.69 Å². The summed E-state index contributed by atoms with van der Waals surface area (Å²) in [5.41, 5.74) is 18.6. The first-order valence-corrected chi connectivity index (χ1v) is 24.9. The number of hydrogen-bond acceptors (Lipinski definition) is 4. The van der Waals surface area contributed by atoms with Crippen LogP contribution in [-0.4, -0.2) is 6.71 Å². The molecule has 2 aliphatic heterocycles. The van der Waals surface area contributed by atoms with E-state index >= 15 is 0 Å². The van der Waals surface area contributed by atoms with Gasteiger partial charge in [0, 0.05) is 65.4 Å². The van der Waals surface area contributed by atoms with Crippen molar-refractivity contribution in [2.24, 2.45) is 0 Å². The quantitative estimate of drug-likeness (QED) is 0.159. The lowest BCUT2D eigenvalue weighted by atomic mass is 9.36. The highest BCUT2D eigenvalue weighted by Gasteiger charge is 2.47. The fourth-order valence-corrected chi connectivity index (χ4v) is 12.5. The molecule has 7 aromatic carbocycles. The highest BCUT2D eigenvalue weighted by molar-refractivity contribution is 7.33. The van der Waals surface area contributed by atoms with Crippen LogP contribution in [0.4, 0.5) is 51.2 Å². The van der Waals surface area contributed by atoms with Crippen LogP contribution in [0.1, 0.15) is 104 Å². The average molecular weight is 900 g/mol. The molecule has 3 aliphatic rings. The molecular weight excluding hydrogens is 841 g/mol. The third-order valence-electron chi connectivity index (χ3n) is 14.9. The van der Waals surface area contributed by atoms with E-state index in [0.717, 1.165) is 45.5 Å². The molecule has 0 N–H and O–H groups in total. The molecule has 1 aliphatic carbocycles. The summed E-state index contributed by atoms with van der Waals surface area (Å²) >= 11 is 9.49. The molecule has 0 unspecified atom stereocenters. The summed E-state index contributed by atoms with van der Waals surface area (Å²) in [7, 11) is 0. The van der Waals surface area contributed by atoms with Crippen molar-refractivity contribution in [3.8, 4) is 0 Å². The third-order valence-corrected chi connectivity index (χ3v) is 16.3. The van der Waals surface area contributed by atoms with E-state index < -0.39 is 0 Å². The van der Waals surface area contributed by atoms with E-state index in [4.69, 9.17) is 11.6 Å². The van der Waals surface area contributed by atoms with Gasteiger partial charge >= 0.3 is 0 Å². The first-order valence-electron chi connectivity index (χ1n) is 23.7. The first-order chi connectivity index (χ1) is 31.4. The molecule has 8 aromatic rings. The number of hydrogen-bond donors (Lipinski definition) is 0. The molecule has 3 nitrogen and oxygen atoms in total. The van der Waals surface area contributed by atoms with E-state index in [2.05, 4.69) is 236 Å². The summed E-state index contributed by atoms with van der Waals surface area (Å²) in [5.74, 6) is 0. The van der Waals surface area contributed by atoms with Gasteiger partial charge in [-0.15, -0.1) is 11.3 Å². The van der Waals surface area contributed by atoms with Crippen LogP contribution in [-0.2, 0) is 21.7 Å². The molecule has 3 heterocycles. The van der Waals surface area contributed by atoms with Crippen LogP contribution in [0.3, 0.4) is 0 Å². The second kappa shape index (κ2) is 15.1. The number of fused-ring (bicyclic) bond motifs is 7. The zero-order valence-corrected chi connectivity index (χ0v) is 41.6. The molecule has 0 saturated carbocycles. The van der Waals surface area contributed by atoms with Gasteiger partial charge in [0.15, 0.2) is 0 Å². The molecule has 0 saturated heterocycles. The van der Waals surface area contributed by atoms with Gasteiger partial charge in [-0.05, 0) is 153 Å². The summed E-state index contributed by atoms with van der Waals surface area (Å²) in [4.78, 5) is 7.42. The largest absolute Gasteiger partial charge is 0.311 e. The molecular formula is C60H59BClN3S. The van der Waals surface area contributed by atoms with Gasteiger partial charge in [-0.1, -0.05) is 148 Å². The van der Waals surface area contributed by atoms with Gasteiger partial charge in [0.2, 0.25) is 0 Å². The Balaban J connectivity index is 1.23. The van der Waals surface area contributed by atoms with Crippen LogP contribution >= 0.6 is 22.9 Å². The molecule has 11 rings (SSSR count). The highest BCUT2D eigenvalue weighted by atomic mass is 35.5. The SMILES string of the molecule is CC(C)(C)c1ccc(N2c3cc(N(c4ccccc4)c4ccccc4)ccc3B3c4sc5cc6c(cc5c4N(c4ccc(C(C)(C)C)cc4)c4cc(Cl)cc2c43)C(C)(C)CCC6(C)C)cc1. The zero-order valence-electron chi connectivity index (χ0n) is 40.1. The molecule has 0 bridgehead atoms. The molecule has 0 spiro atoms. The standard InChI is InChI=1S/C60H59BClN3S/c1-57(2,3)38-21-25-43(26-22-38)64-50-35-45(63(41-17-13-11-14-18-41)42-19-15-12-16-20-42)29-30-49(50)61-54-51(64)33-40(62)34-52(54)65(44-27-23-39(24-28-44)58(4,5)6)55-46-36-47-48(37-53(46)66-56(55)61)60(9,10)32-31-59(47,7)8/h11-30,33-37H,31-32H2,1-10H3. The molecule has 6 heteroatoms. The van der Waals surface area contributed by atoms with Gasteiger partial charge in [0.25, 0.3) is 6.71 Å². The molecule has 0 radical (unpaired) electrons. The lowest BCUT2D eigenvalue weighted by molar-refractivity contribution is 0.332. The van der Waals surface area contributed by atoms with Crippen LogP contribution in [0.15, 0.2) is 152 Å². The van der Waals surface area contributed by atoms with E-state index in [9.17, 15) is 0 Å². The Kier molecular flexibility index (Phi) is 9.83. The number of nitrogens with zero attached hydrogens (tertiary/aromatic N) is 3. The van der Waals surface area contributed by atoms with Crippen LogP contribution < -0.4 is 30.4 Å². The highest BCUT2D eigenvalue weighted by Crippen LogP contribution is 2.53. The Morgan fingerprint density at radius 2 is 1.05 bits per heavy atom. The lowest BCUT2D eigenvalue weighted by Crippen LogP contribution is -2.60. The molecule has 0 amide bonds. The number of rotatable bonds is 5. The van der Waals surface area contributed by atoms with Crippen molar-refractivity contribution in [3.63, 3.8) is 0 Å². The van der Waals surface area contributed by atoms with Crippen molar-refractivity contribution in [2.45, 2.75) is 104 Å². The van der Waals surface area contributed by atoms with Crippen LogP contribution in [0.25, 0.3) is 10.1 Å². The molecule has 330 valence electrons. The van der Waals surface area contributed by atoms with Gasteiger partial charge in [-0.3, -0.25) is 0 Å². The lowest BCUT2D eigenvalue weighted by Gasteiger charge is -2.44. The number of thiophene rings is 1. The Morgan fingerprint density at radius 3 is 1.58 bits per heavy atom. The number of anilines is 9. The van der Waals surface area contributed by atoms with E-state index in [-0.39, 0.29) is 28.4 Å². The van der Waals surface area contributed by atoms with Crippen molar-refractivity contribution < 1.29 is 0 Å². The molecule has 0 fully saturated rings. The number of para-hydroxylation sites is 2. The summed E-state index contributed by atoms with van der Waals surface area (Å²) in [6, 6.07) is 56.8. The Labute approximate surface area is 401 Å². The summed E-state index contributed by atoms with van der Waals surface area (Å²) in [6.07, 6.45) is 2.34. The van der Waals surface area contributed by atoms with E-state index in [0.29, 0.717) is 5.02 Å². The van der Waals surface area contributed by atoms with Gasteiger partial charge in [-0.2, -0.15) is 0 Å². The first kappa shape index (κ1) is 42.9. The fourth-order valence-electron chi connectivity index (χ4n) is 11.0. The molecule has 66 heavy (non-hydrogen) atoms. The minimum atomic E-state index is -0.0288. The second-order valence-corrected chi connectivity index (χ2v) is 23.8. The Hall–Kier alpha value is -5.75. The van der Waals surface area contributed by atoms with Gasteiger partial charge in [-0.25, -0.2) is 0 Å². The minimum Gasteiger partial charge on any atom is -0.311 e. The second-order valence-electron chi connectivity index (χ2n) is 22.3. The van der Waals surface area contributed by atoms with Crippen molar-refractivity contribution in [1.82, 2.24) is 0 Å². The minimum absolute atomic E-state index is 0.0158. The summed E-state index contributed by atoms with van der Waals surface area (Å²) < 4.78 is 2.72. The summed E-state index contributed by atoms with van der Waals surface area (Å²) in [6.45, 7) is 23.5. The van der Waals surface area contributed by atoms with Crippen LogP contribution in [0.5, 0.6) is 0 Å². The predicted molar refractivity (Wildman–Crippen MR) is 288 cm³/mol. The normalized spacial score (nSPS) is 15.8. The fraction of sp³-hybridized carbons (Fsp3) is 0.267. The maximum atomic E-state index is 7.50. The topological polar surface area (TPSA) is 9.72 Å². The maximum Gasteiger partial charge on any atom is 0.264 e. The van der Waals surface area contributed by atoms with Crippen LogP contribution in [0, 0.1) is 0 Å². The van der Waals surface area contributed by atoms with Gasteiger partial charge in [0.1, 0.15) is 0 Å². The van der Waals surface area contributed by atoms with Crippen LogP contribution in [0.2, 0.25) is 5.02 Å². The average Bonchev–Trinajstić information content (AvgIpc) is 3.66. The van der Waals surface area contributed by atoms with Crippen molar-refractivity contribution in [3.05, 3.63) is 179 Å². The van der Waals surface area contributed by atoms with E-state index in [1.54, 1.807) is 0 Å². The van der Waals surface area contributed by atoms with E-state index in [1.807, 2.05) is 11.3 Å². The predicted octanol–water partition coefficient (Wildman–Crippen LogP) is 16.1. The number of benzene rings is 7. The van der Waals surface area contributed by atoms with Crippen molar-refractivity contribution in [2.75, 3.05) is 14.7 Å². The Bertz CT molecular complexity index is 3140. The summed E-state index contributed by atoms with van der Waals surface area (Å²) in [5, 5.41) is 2.04. The van der Waals surface area contributed by atoms with E-state index in [1.165, 1.54) is 66.6 Å². The maximum absolute atomic E-state index is 7.50.